The van der Waals surface area contributed by atoms with Crippen molar-refractivity contribution >= 4 is 45.2 Å². The monoisotopic (exact) mass is 459 g/mol. The molecule has 1 N–H and O–H groups in total. The van der Waals surface area contributed by atoms with Crippen LogP contribution in [-0.4, -0.2) is 29.3 Å². The maximum Gasteiger partial charge on any atom is 0.416 e. The van der Waals surface area contributed by atoms with Crippen LogP contribution >= 0.6 is 11.8 Å². The number of amidine groups is 1. The van der Waals surface area contributed by atoms with Gasteiger partial charge in [0.15, 0.2) is 11.8 Å². The first-order chi connectivity index (χ1) is 15.3. The molecule has 0 aliphatic carbocycles. The molecule has 0 radical (unpaired) electrons. The summed E-state index contributed by atoms with van der Waals surface area (Å²) in [5.41, 5.74) is 1.43. The predicted molar refractivity (Wildman–Crippen MR) is 116 cm³/mol. The molecule has 0 aromatic heterocycles. The normalized spacial score (nSPS) is 15.4. The van der Waals surface area contributed by atoms with Crippen molar-refractivity contribution in [1.82, 2.24) is 5.43 Å². The zero-order valence-electron chi connectivity index (χ0n) is 16.4. The second-order valence-corrected chi connectivity index (χ2v) is 7.74. The van der Waals surface area contributed by atoms with Crippen molar-refractivity contribution in [3.8, 4) is 5.75 Å². The summed E-state index contributed by atoms with van der Waals surface area (Å²) in [5, 5.41) is 5.98. The number of amides is 2. The van der Waals surface area contributed by atoms with Gasteiger partial charge in [0.2, 0.25) is 5.91 Å². The number of nitrogens with zero attached hydrogens (tertiary/aromatic N) is 2. The van der Waals surface area contributed by atoms with Crippen LogP contribution in [0.4, 0.5) is 18.9 Å². The maximum atomic E-state index is 13.0. The van der Waals surface area contributed by atoms with E-state index in [-0.39, 0.29) is 23.2 Å². The van der Waals surface area contributed by atoms with E-state index in [0.717, 1.165) is 39.6 Å². The molecule has 1 aliphatic heterocycles. The minimum absolute atomic E-state index is 0.00145. The number of carbonyl (C=O) groups is 2. The first-order valence-corrected chi connectivity index (χ1v) is 10.4. The largest absolute Gasteiger partial charge is 0.484 e. The minimum atomic E-state index is -4.54. The van der Waals surface area contributed by atoms with E-state index < -0.39 is 23.6 Å². The van der Waals surface area contributed by atoms with Crippen molar-refractivity contribution in [2.45, 2.75) is 6.18 Å². The molecule has 0 spiro atoms. The van der Waals surface area contributed by atoms with E-state index in [2.05, 4.69) is 10.5 Å². The van der Waals surface area contributed by atoms with Crippen LogP contribution in [0.3, 0.4) is 0 Å². The van der Waals surface area contributed by atoms with E-state index in [1.165, 1.54) is 12.1 Å². The van der Waals surface area contributed by atoms with E-state index in [9.17, 15) is 22.8 Å². The van der Waals surface area contributed by atoms with Gasteiger partial charge in [-0.3, -0.25) is 14.5 Å². The number of ether oxygens (including phenoxy) is 1. The second-order valence-electron chi connectivity index (χ2n) is 6.79. The number of benzene rings is 3. The Morgan fingerprint density at radius 1 is 1.06 bits per heavy atom. The zero-order valence-corrected chi connectivity index (χ0v) is 17.2. The van der Waals surface area contributed by atoms with Gasteiger partial charge >= 0.3 is 6.18 Å². The molecule has 2 amide bonds. The molecule has 6 nitrogen and oxygen atoms in total. The highest BCUT2D eigenvalue weighted by atomic mass is 32.2. The summed E-state index contributed by atoms with van der Waals surface area (Å²) < 4.78 is 44.5. The quantitative estimate of drug-likeness (QED) is 0.574. The predicted octanol–water partition coefficient (Wildman–Crippen LogP) is 4.40. The number of carbonyl (C=O) groups excluding carboxylic acids is 2. The Labute approximate surface area is 185 Å². The molecule has 3 aromatic carbocycles. The van der Waals surface area contributed by atoms with Crippen molar-refractivity contribution in [2.75, 3.05) is 17.3 Å². The molecule has 32 heavy (non-hydrogen) atoms. The number of hydrogen-bond acceptors (Lipinski definition) is 5. The Balaban J connectivity index is 1.42. The average Bonchev–Trinajstić information content (AvgIpc) is 3.16. The Hall–Kier alpha value is -3.53. The SMILES string of the molecule is O=C(COc1ccc2ccccc2c1)NN=C1SCC(=O)N1c1cccc(C(F)(F)F)c1. The molecule has 10 heteroatoms. The number of rotatable bonds is 5. The Morgan fingerprint density at radius 3 is 2.62 bits per heavy atom. The molecule has 0 unspecified atom stereocenters. The Kier molecular flexibility index (Phi) is 6.04. The third-order valence-corrected chi connectivity index (χ3v) is 5.49. The van der Waals surface area contributed by atoms with Gasteiger partial charge in [-0.1, -0.05) is 48.2 Å². The molecular weight excluding hydrogens is 443 g/mol. The first-order valence-electron chi connectivity index (χ1n) is 9.42. The average molecular weight is 459 g/mol. The van der Waals surface area contributed by atoms with Crippen LogP contribution in [0.5, 0.6) is 5.75 Å². The van der Waals surface area contributed by atoms with E-state index in [1.54, 1.807) is 12.1 Å². The third-order valence-electron chi connectivity index (χ3n) is 4.56. The highest BCUT2D eigenvalue weighted by molar-refractivity contribution is 8.15. The van der Waals surface area contributed by atoms with Crippen LogP contribution in [0.1, 0.15) is 5.56 Å². The number of nitrogens with one attached hydrogen (secondary N) is 1. The highest BCUT2D eigenvalue weighted by Gasteiger charge is 2.34. The van der Waals surface area contributed by atoms with Crippen molar-refractivity contribution in [3.05, 3.63) is 72.3 Å². The fourth-order valence-electron chi connectivity index (χ4n) is 3.07. The molecule has 0 atom stereocenters. The summed E-state index contributed by atoms with van der Waals surface area (Å²) in [6.07, 6.45) is -4.54. The first kappa shape index (κ1) is 21.7. The molecule has 164 valence electrons. The van der Waals surface area contributed by atoms with Gasteiger partial charge in [-0.15, -0.1) is 5.10 Å². The number of thioether (sulfide) groups is 1. The van der Waals surface area contributed by atoms with Crippen LogP contribution < -0.4 is 15.1 Å². The lowest BCUT2D eigenvalue weighted by Gasteiger charge is -2.17. The molecule has 1 saturated heterocycles. The molecule has 1 heterocycles. The van der Waals surface area contributed by atoms with Gasteiger partial charge in [0.25, 0.3) is 5.91 Å². The second kappa shape index (κ2) is 8.91. The smallest absolute Gasteiger partial charge is 0.416 e. The molecular formula is C22H16F3N3O3S. The molecule has 3 aromatic rings. The summed E-state index contributed by atoms with van der Waals surface area (Å²) in [6, 6.07) is 17.5. The van der Waals surface area contributed by atoms with E-state index in [4.69, 9.17) is 4.74 Å². The van der Waals surface area contributed by atoms with Crippen LogP contribution in [0.2, 0.25) is 0 Å². The van der Waals surface area contributed by atoms with Crippen molar-refractivity contribution in [3.63, 3.8) is 0 Å². The maximum absolute atomic E-state index is 13.0. The number of anilines is 1. The van der Waals surface area contributed by atoms with Gasteiger partial charge in [0.1, 0.15) is 5.75 Å². The highest BCUT2D eigenvalue weighted by Crippen LogP contribution is 2.34. The van der Waals surface area contributed by atoms with E-state index in [0.29, 0.717) is 5.75 Å². The summed E-state index contributed by atoms with van der Waals surface area (Å²) in [7, 11) is 0. The van der Waals surface area contributed by atoms with Gasteiger partial charge in [0, 0.05) is 0 Å². The van der Waals surface area contributed by atoms with Crippen LogP contribution in [0, 0.1) is 0 Å². The Morgan fingerprint density at radius 2 is 1.84 bits per heavy atom. The van der Waals surface area contributed by atoms with Crippen molar-refractivity contribution < 1.29 is 27.5 Å². The minimum Gasteiger partial charge on any atom is -0.484 e. The topological polar surface area (TPSA) is 71.0 Å². The fourth-order valence-corrected chi connectivity index (χ4v) is 3.90. The fraction of sp³-hybridized carbons (Fsp3) is 0.136. The third kappa shape index (κ3) is 4.86. The molecule has 1 aliphatic rings. The lowest BCUT2D eigenvalue weighted by atomic mass is 10.1. The van der Waals surface area contributed by atoms with Gasteiger partial charge < -0.3 is 4.74 Å². The Bertz CT molecular complexity index is 1210. The van der Waals surface area contributed by atoms with Crippen molar-refractivity contribution in [1.29, 1.82) is 0 Å². The number of fused-ring (bicyclic) bond motifs is 1. The summed E-state index contributed by atoms with van der Waals surface area (Å²) in [6.45, 7) is -0.322. The lowest BCUT2D eigenvalue weighted by molar-refractivity contribution is -0.137. The summed E-state index contributed by atoms with van der Waals surface area (Å²) >= 11 is 1.01. The van der Waals surface area contributed by atoms with Gasteiger partial charge in [0.05, 0.1) is 17.0 Å². The molecule has 0 bridgehead atoms. The molecule has 0 saturated carbocycles. The zero-order chi connectivity index (χ0) is 22.7. The lowest BCUT2D eigenvalue weighted by Crippen LogP contribution is -2.32. The van der Waals surface area contributed by atoms with Gasteiger partial charge in [-0.05, 0) is 41.1 Å². The summed E-state index contributed by atoms with van der Waals surface area (Å²) in [5.74, 6) is -0.509. The molecule has 4 rings (SSSR count). The van der Waals surface area contributed by atoms with Crippen LogP contribution in [-0.2, 0) is 15.8 Å². The standard InChI is InChI=1S/C22H16F3N3O3S/c23-22(24,25)16-6-3-7-17(11-16)28-20(30)13-32-21(28)27-26-19(29)12-31-18-9-8-14-4-1-2-5-15(14)10-18/h1-11H,12-13H2,(H,26,29). The van der Waals surface area contributed by atoms with Crippen LogP contribution in [0.15, 0.2) is 71.8 Å². The number of alkyl halides is 3. The number of halogens is 3. The van der Waals surface area contributed by atoms with E-state index in [1.807, 2.05) is 30.3 Å². The summed E-state index contributed by atoms with van der Waals surface area (Å²) in [4.78, 5) is 25.4. The molecule has 1 fully saturated rings. The number of hydrazone groups is 1. The van der Waals surface area contributed by atoms with Crippen molar-refractivity contribution in [2.24, 2.45) is 5.10 Å². The van der Waals surface area contributed by atoms with Gasteiger partial charge in [-0.25, -0.2) is 5.43 Å². The van der Waals surface area contributed by atoms with Gasteiger partial charge in [-0.2, -0.15) is 13.2 Å². The van der Waals surface area contributed by atoms with Crippen LogP contribution in [0.25, 0.3) is 10.8 Å². The van der Waals surface area contributed by atoms with E-state index >= 15 is 0 Å². The number of hydrogen-bond donors (Lipinski definition) is 1.